The van der Waals surface area contributed by atoms with Crippen LogP contribution in [0.5, 0.6) is 5.75 Å². The van der Waals surface area contributed by atoms with E-state index in [1.165, 1.54) is 11.6 Å². The minimum Gasteiger partial charge on any atom is -0.508 e. The summed E-state index contributed by atoms with van der Waals surface area (Å²) in [6.45, 7) is 0.281. The number of aromatic hydroxyl groups is 1. The highest BCUT2D eigenvalue weighted by molar-refractivity contribution is 5.71. The van der Waals surface area contributed by atoms with E-state index in [1.54, 1.807) is 41.0 Å². The molecule has 9 nitrogen and oxygen atoms in total. The highest BCUT2D eigenvalue weighted by Crippen LogP contribution is 2.18. The molecule has 0 aliphatic rings. The van der Waals surface area contributed by atoms with Gasteiger partial charge in [-0.15, -0.1) is 0 Å². The van der Waals surface area contributed by atoms with Crippen molar-refractivity contribution in [3.05, 3.63) is 86.3 Å². The van der Waals surface area contributed by atoms with Gasteiger partial charge in [0.15, 0.2) is 11.2 Å². The summed E-state index contributed by atoms with van der Waals surface area (Å²) in [6, 6.07) is 13.9. The van der Waals surface area contributed by atoms with Crippen molar-refractivity contribution in [2.24, 2.45) is 12.8 Å². The molecule has 0 aliphatic carbocycles. The van der Waals surface area contributed by atoms with E-state index in [-0.39, 0.29) is 24.5 Å². The molecule has 0 bridgehead atoms. The van der Waals surface area contributed by atoms with E-state index in [0.29, 0.717) is 23.6 Å². The van der Waals surface area contributed by atoms with Crippen LogP contribution in [0, 0.1) is 0 Å². The van der Waals surface area contributed by atoms with Gasteiger partial charge in [0.25, 0.3) is 5.56 Å². The second-order valence-corrected chi connectivity index (χ2v) is 7.13. The molecule has 9 heteroatoms. The molecule has 0 unspecified atom stereocenters. The molecule has 0 radical (unpaired) electrons. The minimum atomic E-state index is -0.456. The Morgan fingerprint density at radius 2 is 1.60 bits per heavy atom. The van der Waals surface area contributed by atoms with Gasteiger partial charge in [0.1, 0.15) is 11.6 Å². The van der Waals surface area contributed by atoms with E-state index in [4.69, 9.17) is 11.5 Å². The number of nitrogen functional groups attached to an aromatic ring is 1. The molecule has 0 fully saturated rings. The zero-order valence-electron chi connectivity index (χ0n) is 16.4. The second kappa shape index (κ2) is 7.53. The first-order chi connectivity index (χ1) is 14.4. The number of imidazole rings is 1. The Bertz CT molecular complexity index is 1330. The quantitative estimate of drug-likeness (QED) is 0.419. The first-order valence-electron chi connectivity index (χ1n) is 9.40. The molecule has 0 saturated carbocycles. The summed E-state index contributed by atoms with van der Waals surface area (Å²) in [7, 11) is 1.44. The Balaban J connectivity index is 1.90. The number of phenolic OH excluding ortho intramolecular Hbond substituents is 1. The van der Waals surface area contributed by atoms with Crippen molar-refractivity contribution in [3.63, 3.8) is 0 Å². The van der Waals surface area contributed by atoms with Crippen molar-refractivity contribution in [1.29, 1.82) is 0 Å². The summed E-state index contributed by atoms with van der Waals surface area (Å²) in [5.41, 5.74) is 13.7. The average molecular weight is 406 g/mol. The standard InChI is InChI=1S/C21H22N6O3/c1-25-20(29)18-19(26(21(25)30)11-14-2-6-15(23)7-3-14)24-17(27(18)12-22)10-13-4-8-16(28)9-5-13/h2-9,28H,10-12,22-23H2,1H3. The molecule has 5 N–H and O–H groups in total. The molecule has 0 amide bonds. The van der Waals surface area contributed by atoms with Crippen LogP contribution in [0.2, 0.25) is 0 Å². The predicted octanol–water partition coefficient (Wildman–Crippen LogP) is 0.740. The van der Waals surface area contributed by atoms with Gasteiger partial charge in [0, 0.05) is 19.2 Å². The van der Waals surface area contributed by atoms with E-state index in [2.05, 4.69) is 4.98 Å². The summed E-state index contributed by atoms with van der Waals surface area (Å²) in [4.78, 5) is 30.4. The van der Waals surface area contributed by atoms with Crippen LogP contribution in [0.25, 0.3) is 11.2 Å². The molecule has 30 heavy (non-hydrogen) atoms. The summed E-state index contributed by atoms with van der Waals surface area (Å²) < 4.78 is 4.16. The Morgan fingerprint density at radius 1 is 0.967 bits per heavy atom. The van der Waals surface area contributed by atoms with Crippen molar-refractivity contribution in [3.8, 4) is 5.75 Å². The first-order valence-corrected chi connectivity index (χ1v) is 9.40. The molecule has 0 saturated heterocycles. The normalized spacial score (nSPS) is 11.3. The van der Waals surface area contributed by atoms with Crippen LogP contribution in [0.4, 0.5) is 5.69 Å². The van der Waals surface area contributed by atoms with Gasteiger partial charge in [-0.3, -0.25) is 13.9 Å². The lowest BCUT2D eigenvalue weighted by molar-refractivity contribution is 0.475. The molecule has 2 heterocycles. The maximum absolute atomic E-state index is 12.9. The third-order valence-corrected chi connectivity index (χ3v) is 5.11. The third-order valence-electron chi connectivity index (χ3n) is 5.11. The van der Waals surface area contributed by atoms with Crippen molar-refractivity contribution >= 4 is 16.9 Å². The molecule has 4 rings (SSSR count). The second-order valence-electron chi connectivity index (χ2n) is 7.13. The smallest absolute Gasteiger partial charge is 0.332 e. The number of anilines is 1. The topological polar surface area (TPSA) is 134 Å². The summed E-state index contributed by atoms with van der Waals surface area (Å²) in [5.74, 6) is 0.726. The number of fused-ring (bicyclic) bond motifs is 1. The fourth-order valence-corrected chi connectivity index (χ4v) is 3.48. The molecule has 154 valence electrons. The van der Waals surface area contributed by atoms with Crippen LogP contribution in [-0.2, 0) is 26.7 Å². The molecule has 0 aliphatic heterocycles. The van der Waals surface area contributed by atoms with Crippen LogP contribution in [0.1, 0.15) is 17.0 Å². The zero-order valence-corrected chi connectivity index (χ0v) is 16.4. The van der Waals surface area contributed by atoms with Crippen LogP contribution in [-0.4, -0.2) is 23.8 Å². The van der Waals surface area contributed by atoms with Crippen molar-refractivity contribution < 1.29 is 5.11 Å². The average Bonchev–Trinajstić information content (AvgIpc) is 3.10. The Kier molecular flexibility index (Phi) is 4.88. The predicted molar refractivity (Wildman–Crippen MR) is 114 cm³/mol. The van der Waals surface area contributed by atoms with Gasteiger partial charge >= 0.3 is 5.69 Å². The number of nitrogens with two attached hydrogens (primary N) is 2. The van der Waals surface area contributed by atoms with Gasteiger partial charge in [0.05, 0.1) is 13.2 Å². The van der Waals surface area contributed by atoms with Crippen molar-refractivity contribution in [2.45, 2.75) is 19.6 Å². The SMILES string of the molecule is Cn1c(=O)c2c(nc(Cc3ccc(O)cc3)n2CN)n(Cc2ccc(N)cc2)c1=O. The Morgan fingerprint density at radius 3 is 2.23 bits per heavy atom. The van der Waals surface area contributed by atoms with E-state index in [1.807, 2.05) is 12.1 Å². The lowest BCUT2D eigenvalue weighted by Crippen LogP contribution is -2.39. The molecular weight excluding hydrogens is 384 g/mol. The van der Waals surface area contributed by atoms with E-state index >= 15 is 0 Å². The number of aromatic nitrogens is 4. The van der Waals surface area contributed by atoms with Crippen molar-refractivity contribution in [1.82, 2.24) is 18.7 Å². The van der Waals surface area contributed by atoms with Gasteiger partial charge in [-0.25, -0.2) is 9.78 Å². The Hall–Kier alpha value is -3.85. The maximum Gasteiger partial charge on any atom is 0.332 e. The minimum absolute atomic E-state index is 0.0409. The number of hydrogen-bond donors (Lipinski definition) is 3. The maximum atomic E-state index is 12.9. The third kappa shape index (κ3) is 3.35. The van der Waals surface area contributed by atoms with Crippen LogP contribution < -0.4 is 22.7 Å². The number of benzene rings is 2. The lowest BCUT2D eigenvalue weighted by Gasteiger charge is -2.10. The van der Waals surface area contributed by atoms with Crippen molar-refractivity contribution in [2.75, 3.05) is 5.73 Å². The van der Waals surface area contributed by atoms with Gasteiger partial charge in [0.2, 0.25) is 0 Å². The van der Waals surface area contributed by atoms with Gasteiger partial charge in [-0.1, -0.05) is 24.3 Å². The molecule has 0 spiro atoms. The summed E-state index contributed by atoms with van der Waals surface area (Å²) in [6.07, 6.45) is 0.394. The fourth-order valence-electron chi connectivity index (χ4n) is 3.48. The highest BCUT2D eigenvalue weighted by Gasteiger charge is 2.20. The van der Waals surface area contributed by atoms with E-state index in [0.717, 1.165) is 15.7 Å². The monoisotopic (exact) mass is 406 g/mol. The number of nitrogens with zero attached hydrogens (tertiary/aromatic N) is 4. The largest absolute Gasteiger partial charge is 0.508 e. The van der Waals surface area contributed by atoms with Gasteiger partial charge < -0.3 is 21.1 Å². The van der Waals surface area contributed by atoms with E-state index < -0.39 is 11.2 Å². The summed E-state index contributed by atoms with van der Waals surface area (Å²) >= 11 is 0. The van der Waals surface area contributed by atoms with Crippen LogP contribution >= 0.6 is 0 Å². The number of rotatable bonds is 5. The highest BCUT2D eigenvalue weighted by atomic mass is 16.3. The van der Waals surface area contributed by atoms with Crippen LogP contribution in [0.3, 0.4) is 0 Å². The fraction of sp³-hybridized carbons (Fsp3) is 0.190. The first kappa shape index (κ1) is 19.5. The summed E-state index contributed by atoms with van der Waals surface area (Å²) in [5, 5.41) is 9.50. The Labute approximate surface area is 171 Å². The molecule has 2 aromatic carbocycles. The number of hydrogen-bond acceptors (Lipinski definition) is 6. The molecule has 4 aromatic rings. The van der Waals surface area contributed by atoms with Gasteiger partial charge in [-0.05, 0) is 35.4 Å². The lowest BCUT2D eigenvalue weighted by atomic mass is 10.1. The molecule has 2 aromatic heterocycles. The molecular formula is C21H22N6O3. The zero-order chi connectivity index (χ0) is 21.4. The molecule has 0 atom stereocenters. The van der Waals surface area contributed by atoms with Gasteiger partial charge in [-0.2, -0.15) is 0 Å². The van der Waals surface area contributed by atoms with Crippen LogP contribution in [0.15, 0.2) is 58.1 Å². The number of phenols is 1. The van der Waals surface area contributed by atoms with E-state index in [9.17, 15) is 14.7 Å².